The van der Waals surface area contributed by atoms with Crippen molar-refractivity contribution < 1.29 is 5.11 Å². The smallest absolute Gasteiger partial charge is 0.0685 e. The Morgan fingerprint density at radius 1 is 0.879 bits per heavy atom. The highest BCUT2D eigenvalue weighted by atomic mass is 16.3. The Kier molecular flexibility index (Phi) is 7.23. The summed E-state index contributed by atoms with van der Waals surface area (Å²) in [7, 11) is 0. The Morgan fingerprint density at radius 3 is 1.94 bits per heavy atom. The molecule has 4 rings (SSSR count). The Hall–Kier alpha value is -2.60. The van der Waals surface area contributed by atoms with Gasteiger partial charge in [-0.25, -0.2) is 0 Å². The fraction of sp³-hybridized carbons (Fsp3) is 0.429. The predicted octanol–water partition coefficient (Wildman–Crippen LogP) is 5.13. The normalized spacial score (nSPS) is 19.1. The van der Waals surface area contributed by atoms with Crippen LogP contribution in [0.1, 0.15) is 81.7 Å². The number of benzene rings is 1. The topological polar surface area (TPSA) is 75.3 Å². The highest BCUT2D eigenvalue weighted by Gasteiger charge is 2.35. The van der Waals surface area contributed by atoms with Crippen LogP contribution >= 0.6 is 0 Å². The number of nitrogens with two attached hydrogens (primary N) is 1. The molecule has 1 aromatic carbocycles. The lowest BCUT2D eigenvalue weighted by Gasteiger charge is -2.43. The van der Waals surface area contributed by atoms with Gasteiger partial charge in [0.1, 0.15) is 0 Å². The molecule has 2 atom stereocenters. The van der Waals surface area contributed by atoms with E-state index in [-0.39, 0.29) is 18.7 Å². The highest BCUT2D eigenvalue weighted by molar-refractivity contribution is 5.34. The Morgan fingerprint density at radius 2 is 1.45 bits per heavy atom. The standard InChI is InChI=1S/C28H36N4O/c1-18-10-20(3)27(30-14-18)25-6-5-7-26(28-21(4)11-19(2)15-31-28)32(25)16-23-9-8-22(13-29)12-24(23)17-33/h8-12,14-15,25-26,33H,5-7,13,16-17,29H2,1-4H3/t25-,26+. The average molecular weight is 445 g/mol. The predicted molar refractivity (Wildman–Crippen MR) is 133 cm³/mol. The Bertz CT molecular complexity index is 1070. The molecule has 3 heterocycles. The number of nitrogens with zero attached hydrogens (tertiary/aromatic N) is 3. The van der Waals surface area contributed by atoms with Crippen LogP contribution in [0, 0.1) is 27.7 Å². The van der Waals surface area contributed by atoms with E-state index in [1.54, 1.807) is 0 Å². The minimum atomic E-state index is 0.00989. The van der Waals surface area contributed by atoms with Gasteiger partial charge in [0.05, 0.1) is 30.1 Å². The van der Waals surface area contributed by atoms with Crippen LogP contribution in [-0.2, 0) is 19.7 Å². The molecular weight excluding hydrogens is 408 g/mol. The van der Waals surface area contributed by atoms with Crippen LogP contribution in [0.15, 0.2) is 42.7 Å². The molecule has 1 saturated heterocycles. The summed E-state index contributed by atoms with van der Waals surface area (Å²) in [6.07, 6.45) is 7.22. The lowest BCUT2D eigenvalue weighted by molar-refractivity contribution is 0.0671. The van der Waals surface area contributed by atoms with E-state index >= 15 is 0 Å². The average Bonchev–Trinajstić information content (AvgIpc) is 2.80. The van der Waals surface area contributed by atoms with E-state index in [0.29, 0.717) is 6.54 Å². The van der Waals surface area contributed by atoms with E-state index in [1.807, 2.05) is 18.5 Å². The van der Waals surface area contributed by atoms with Crippen LogP contribution in [-0.4, -0.2) is 20.0 Å². The second-order valence-electron chi connectivity index (χ2n) is 9.53. The molecule has 5 heteroatoms. The van der Waals surface area contributed by atoms with E-state index in [4.69, 9.17) is 15.7 Å². The van der Waals surface area contributed by atoms with Crippen LogP contribution in [0.5, 0.6) is 0 Å². The lowest BCUT2D eigenvalue weighted by Crippen LogP contribution is -2.37. The van der Waals surface area contributed by atoms with Crippen LogP contribution < -0.4 is 5.73 Å². The van der Waals surface area contributed by atoms with E-state index in [1.165, 1.54) is 22.3 Å². The van der Waals surface area contributed by atoms with Gasteiger partial charge >= 0.3 is 0 Å². The quantitative estimate of drug-likeness (QED) is 0.551. The number of likely N-dealkylation sites (tertiary alicyclic amines) is 1. The van der Waals surface area contributed by atoms with Crippen molar-refractivity contribution >= 4 is 0 Å². The number of hydrogen-bond donors (Lipinski definition) is 2. The number of aliphatic hydroxyl groups excluding tert-OH is 1. The molecule has 5 nitrogen and oxygen atoms in total. The third-order valence-corrected chi connectivity index (χ3v) is 6.93. The molecule has 3 N–H and O–H groups in total. The number of pyridine rings is 2. The summed E-state index contributed by atoms with van der Waals surface area (Å²) in [5.74, 6) is 0. The monoisotopic (exact) mass is 444 g/mol. The van der Waals surface area contributed by atoms with Gasteiger partial charge in [-0.1, -0.05) is 30.3 Å². The number of rotatable bonds is 6. The van der Waals surface area contributed by atoms with E-state index in [9.17, 15) is 5.11 Å². The van der Waals surface area contributed by atoms with Crippen molar-refractivity contribution in [2.24, 2.45) is 5.73 Å². The SMILES string of the molecule is Cc1cnc([C@H]2CCC[C@@H](c3ncc(C)cc3C)N2Cc2ccc(CN)cc2CO)c(C)c1. The molecule has 174 valence electrons. The molecule has 0 bridgehead atoms. The zero-order valence-corrected chi connectivity index (χ0v) is 20.3. The molecule has 3 aromatic rings. The first kappa shape index (κ1) is 23.6. The van der Waals surface area contributed by atoms with Gasteiger partial charge in [-0.05, 0) is 85.9 Å². The van der Waals surface area contributed by atoms with Gasteiger partial charge in [0.15, 0.2) is 0 Å². The van der Waals surface area contributed by atoms with E-state index in [2.05, 4.69) is 56.9 Å². The number of aliphatic hydroxyl groups is 1. The number of aromatic nitrogens is 2. The summed E-state index contributed by atoms with van der Waals surface area (Å²) < 4.78 is 0. The van der Waals surface area contributed by atoms with Crippen molar-refractivity contribution in [3.05, 3.63) is 93.1 Å². The third kappa shape index (κ3) is 5.01. The summed E-state index contributed by atoms with van der Waals surface area (Å²) in [5, 5.41) is 10.1. The number of aryl methyl sites for hydroxylation is 4. The van der Waals surface area contributed by atoms with Gasteiger partial charge in [0, 0.05) is 25.5 Å². The van der Waals surface area contributed by atoms with Gasteiger partial charge in [-0.2, -0.15) is 0 Å². The van der Waals surface area contributed by atoms with Crippen LogP contribution in [0.2, 0.25) is 0 Å². The zero-order chi connectivity index (χ0) is 23.5. The molecule has 1 aliphatic heterocycles. The second-order valence-corrected chi connectivity index (χ2v) is 9.53. The van der Waals surface area contributed by atoms with Gasteiger partial charge < -0.3 is 10.8 Å². The molecule has 0 spiro atoms. The fourth-order valence-corrected chi connectivity index (χ4v) is 5.32. The van der Waals surface area contributed by atoms with Crippen molar-refractivity contribution in [1.82, 2.24) is 14.9 Å². The Labute approximate surface area is 197 Å². The molecule has 0 saturated carbocycles. The summed E-state index contributed by atoms with van der Waals surface area (Å²) >= 11 is 0. The number of piperidine rings is 1. The lowest BCUT2D eigenvalue weighted by atomic mass is 9.87. The summed E-state index contributed by atoms with van der Waals surface area (Å²) in [4.78, 5) is 12.4. The second kappa shape index (κ2) is 10.1. The van der Waals surface area contributed by atoms with Gasteiger partial charge in [-0.3, -0.25) is 14.9 Å². The Balaban J connectivity index is 1.79. The van der Waals surface area contributed by atoms with E-state index in [0.717, 1.165) is 53.9 Å². The van der Waals surface area contributed by atoms with Crippen LogP contribution in [0.4, 0.5) is 0 Å². The minimum Gasteiger partial charge on any atom is -0.392 e. The van der Waals surface area contributed by atoms with Gasteiger partial charge in [0.2, 0.25) is 0 Å². The van der Waals surface area contributed by atoms with Crippen LogP contribution in [0.3, 0.4) is 0 Å². The van der Waals surface area contributed by atoms with E-state index < -0.39 is 0 Å². The summed E-state index contributed by atoms with van der Waals surface area (Å²) in [6, 6.07) is 11.1. The molecule has 0 amide bonds. The maximum atomic E-state index is 10.1. The minimum absolute atomic E-state index is 0.00989. The van der Waals surface area contributed by atoms with Crippen molar-refractivity contribution in [3.8, 4) is 0 Å². The molecule has 0 unspecified atom stereocenters. The molecule has 2 aromatic heterocycles. The molecule has 1 aliphatic rings. The first-order valence-corrected chi connectivity index (χ1v) is 11.9. The van der Waals surface area contributed by atoms with Crippen molar-refractivity contribution in [2.45, 2.75) is 78.7 Å². The summed E-state index contributed by atoms with van der Waals surface area (Å²) in [5.41, 5.74) is 16.1. The molecule has 0 radical (unpaired) electrons. The largest absolute Gasteiger partial charge is 0.392 e. The summed E-state index contributed by atoms with van der Waals surface area (Å²) in [6.45, 7) is 9.75. The van der Waals surface area contributed by atoms with Crippen molar-refractivity contribution in [1.29, 1.82) is 0 Å². The maximum Gasteiger partial charge on any atom is 0.0685 e. The maximum absolute atomic E-state index is 10.1. The van der Waals surface area contributed by atoms with Crippen LogP contribution in [0.25, 0.3) is 0 Å². The van der Waals surface area contributed by atoms with Crippen molar-refractivity contribution in [2.75, 3.05) is 0 Å². The fourth-order valence-electron chi connectivity index (χ4n) is 5.32. The highest BCUT2D eigenvalue weighted by Crippen LogP contribution is 2.43. The first-order chi connectivity index (χ1) is 15.9. The molecule has 0 aliphatic carbocycles. The van der Waals surface area contributed by atoms with Gasteiger partial charge in [-0.15, -0.1) is 0 Å². The molecule has 1 fully saturated rings. The van der Waals surface area contributed by atoms with Gasteiger partial charge in [0.25, 0.3) is 0 Å². The third-order valence-electron chi connectivity index (χ3n) is 6.93. The first-order valence-electron chi connectivity index (χ1n) is 11.9. The molecular formula is C28H36N4O. The molecule has 33 heavy (non-hydrogen) atoms. The zero-order valence-electron chi connectivity index (χ0n) is 20.3. The number of hydrogen-bond acceptors (Lipinski definition) is 5. The van der Waals surface area contributed by atoms with Crippen molar-refractivity contribution in [3.63, 3.8) is 0 Å².